The Labute approximate surface area is 101 Å². The first-order valence-electron chi connectivity index (χ1n) is 4.56. The summed E-state index contributed by atoms with van der Waals surface area (Å²) in [5.74, 6) is 0.426. The van der Waals surface area contributed by atoms with Gasteiger partial charge in [-0.3, -0.25) is 4.99 Å². The van der Waals surface area contributed by atoms with E-state index in [9.17, 15) is 0 Å². The highest BCUT2D eigenvalue weighted by atomic mass is 35.5. The predicted octanol–water partition coefficient (Wildman–Crippen LogP) is 0.457. The van der Waals surface area contributed by atoms with Crippen LogP contribution in [0.2, 0.25) is 0 Å². The monoisotopic (exact) mass is 241 g/mol. The van der Waals surface area contributed by atoms with E-state index in [1.54, 1.807) is 7.05 Å². The number of guanidine groups is 2. The highest BCUT2D eigenvalue weighted by molar-refractivity contribution is 5.93. The third-order valence-corrected chi connectivity index (χ3v) is 1.74. The SMILES string of the molecule is CN=C(N=C(N)N)NCc1ccccc1.Cl. The van der Waals surface area contributed by atoms with E-state index < -0.39 is 0 Å². The summed E-state index contributed by atoms with van der Waals surface area (Å²) in [4.78, 5) is 7.72. The molecule has 0 amide bonds. The Morgan fingerprint density at radius 2 is 1.88 bits per heavy atom. The van der Waals surface area contributed by atoms with Gasteiger partial charge in [0.25, 0.3) is 0 Å². The van der Waals surface area contributed by atoms with Crippen LogP contribution in [0.1, 0.15) is 5.56 Å². The van der Waals surface area contributed by atoms with Gasteiger partial charge in [0.2, 0.25) is 5.96 Å². The topological polar surface area (TPSA) is 88.8 Å². The second-order valence-electron chi connectivity index (χ2n) is 2.92. The first-order valence-corrected chi connectivity index (χ1v) is 4.56. The molecule has 0 radical (unpaired) electrons. The van der Waals surface area contributed by atoms with E-state index >= 15 is 0 Å². The summed E-state index contributed by atoms with van der Waals surface area (Å²) >= 11 is 0. The van der Waals surface area contributed by atoms with Gasteiger partial charge in [-0.25, -0.2) is 0 Å². The molecule has 0 aliphatic rings. The van der Waals surface area contributed by atoms with Crippen molar-refractivity contribution in [3.63, 3.8) is 0 Å². The fourth-order valence-corrected chi connectivity index (χ4v) is 1.07. The Kier molecular flexibility index (Phi) is 6.71. The summed E-state index contributed by atoms with van der Waals surface area (Å²) in [7, 11) is 1.62. The van der Waals surface area contributed by atoms with Crippen molar-refractivity contribution < 1.29 is 0 Å². The number of benzene rings is 1. The lowest BCUT2D eigenvalue weighted by Crippen LogP contribution is -2.29. The van der Waals surface area contributed by atoms with Crippen molar-refractivity contribution in [2.24, 2.45) is 21.5 Å². The zero-order chi connectivity index (χ0) is 11.1. The minimum atomic E-state index is -0.00355. The van der Waals surface area contributed by atoms with E-state index in [0.29, 0.717) is 12.5 Å². The molecule has 5 N–H and O–H groups in total. The van der Waals surface area contributed by atoms with Crippen molar-refractivity contribution in [2.75, 3.05) is 7.05 Å². The van der Waals surface area contributed by atoms with Crippen LogP contribution < -0.4 is 16.8 Å². The van der Waals surface area contributed by atoms with Gasteiger partial charge in [0.05, 0.1) is 0 Å². The van der Waals surface area contributed by atoms with E-state index in [2.05, 4.69) is 15.3 Å². The molecule has 0 aliphatic heterocycles. The van der Waals surface area contributed by atoms with Crippen molar-refractivity contribution in [3.8, 4) is 0 Å². The minimum absolute atomic E-state index is 0. The molecule has 1 aromatic carbocycles. The van der Waals surface area contributed by atoms with E-state index in [4.69, 9.17) is 11.5 Å². The van der Waals surface area contributed by atoms with E-state index in [1.807, 2.05) is 30.3 Å². The lowest BCUT2D eigenvalue weighted by atomic mass is 10.2. The van der Waals surface area contributed by atoms with Crippen LogP contribution >= 0.6 is 12.4 Å². The van der Waals surface area contributed by atoms with E-state index in [0.717, 1.165) is 5.56 Å². The number of nitrogens with zero attached hydrogens (tertiary/aromatic N) is 2. The van der Waals surface area contributed by atoms with Crippen LogP contribution in [0.15, 0.2) is 40.3 Å². The van der Waals surface area contributed by atoms with Gasteiger partial charge in [0.15, 0.2) is 5.96 Å². The summed E-state index contributed by atoms with van der Waals surface area (Å²) in [6.45, 7) is 0.643. The van der Waals surface area contributed by atoms with Crippen molar-refractivity contribution in [3.05, 3.63) is 35.9 Å². The molecule has 88 valence electrons. The number of hydrogen-bond donors (Lipinski definition) is 3. The number of rotatable bonds is 2. The van der Waals surface area contributed by atoms with Gasteiger partial charge in [-0.1, -0.05) is 30.3 Å². The Hall–Kier alpha value is -1.75. The number of halogens is 1. The number of aliphatic imine (C=N–C) groups is 2. The number of nitrogens with one attached hydrogen (secondary N) is 1. The van der Waals surface area contributed by atoms with Gasteiger partial charge in [0.1, 0.15) is 0 Å². The van der Waals surface area contributed by atoms with Crippen LogP contribution in [-0.4, -0.2) is 19.0 Å². The smallest absolute Gasteiger partial charge is 0.221 e. The van der Waals surface area contributed by atoms with Gasteiger partial charge >= 0.3 is 0 Å². The first kappa shape index (κ1) is 14.2. The minimum Gasteiger partial charge on any atom is -0.370 e. The van der Waals surface area contributed by atoms with Crippen LogP contribution in [0.5, 0.6) is 0 Å². The molecule has 0 heterocycles. The average Bonchev–Trinajstić information content (AvgIpc) is 2.25. The zero-order valence-electron chi connectivity index (χ0n) is 9.05. The van der Waals surface area contributed by atoms with Crippen LogP contribution in [-0.2, 0) is 6.54 Å². The molecule has 0 bridgehead atoms. The predicted molar refractivity (Wildman–Crippen MR) is 69.7 cm³/mol. The Morgan fingerprint density at radius 3 is 2.38 bits per heavy atom. The summed E-state index contributed by atoms with van der Waals surface area (Å²) in [6, 6.07) is 9.93. The Balaban J connectivity index is 0.00000225. The van der Waals surface area contributed by atoms with Gasteiger partial charge in [-0.05, 0) is 5.56 Å². The fraction of sp³-hybridized carbons (Fsp3) is 0.200. The highest BCUT2D eigenvalue weighted by Gasteiger charge is 1.95. The normalized spacial score (nSPS) is 10.2. The third-order valence-electron chi connectivity index (χ3n) is 1.74. The molecule has 5 nitrogen and oxygen atoms in total. The second-order valence-corrected chi connectivity index (χ2v) is 2.92. The number of nitrogens with two attached hydrogens (primary N) is 2. The van der Waals surface area contributed by atoms with Crippen LogP contribution in [0.25, 0.3) is 0 Å². The Bertz CT molecular complexity index is 357. The maximum Gasteiger partial charge on any atom is 0.221 e. The summed E-state index contributed by atoms with van der Waals surface area (Å²) in [5, 5.41) is 3.02. The molecule has 1 rings (SSSR count). The molecule has 0 unspecified atom stereocenters. The van der Waals surface area contributed by atoms with Crippen molar-refractivity contribution in [2.45, 2.75) is 6.54 Å². The standard InChI is InChI=1S/C10H15N5.ClH/c1-13-10(15-9(11)12)14-7-8-5-3-2-4-6-8;/h2-6H,7H2,1H3,(H5,11,12,13,14,15);1H. The zero-order valence-corrected chi connectivity index (χ0v) is 9.87. The van der Waals surface area contributed by atoms with Crippen LogP contribution in [0.4, 0.5) is 0 Å². The molecule has 0 aliphatic carbocycles. The Morgan fingerprint density at radius 1 is 1.25 bits per heavy atom. The molecule has 6 heteroatoms. The average molecular weight is 242 g/mol. The molecule has 0 saturated heterocycles. The lowest BCUT2D eigenvalue weighted by Gasteiger charge is -2.05. The van der Waals surface area contributed by atoms with Gasteiger partial charge in [-0.2, -0.15) is 4.99 Å². The summed E-state index contributed by atoms with van der Waals surface area (Å²) in [5.41, 5.74) is 11.6. The third kappa shape index (κ3) is 5.21. The van der Waals surface area contributed by atoms with Crippen molar-refractivity contribution in [1.82, 2.24) is 5.32 Å². The second kappa shape index (κ2) is 7.53. The first-order chi connectivity index (χ1) is 7.22. The highest BCUT2D eigenvalue weighted by Crippen LogP contribution is 1.97. The van der Waals surface area contributed by atoms with Gasteiger partial charge in [0, 0.05) is 13.6 Å². The van der Waals surface area contributed by atoms with Crippen molar-refractivity contribution >= 4 is 24.3 Å². The number of hydrogen-bond acceptors (Lipinski definition) is 1. The summed E-state index contributed by atoms with van der Waals surface area (Å²) in [6.07, 6.45) is 0. The van der Waals surface area contributed by atoms with E-state index in [1.165, 1.54) is 0 Å². The molecule has 0 saturated carbocycles. The van der Waals surface area contributed by atoms with Crippen LogP contribution in [0, 0.1) is 0 Å². The molecular formula is C10H16ClN5. The fourth-order valence-electron chi connectivity index (χ4n) is 1.07. The molecule has 16 heavy (non-hydrogen) atoms. The van der Waals surface area contributed by atoms with E-state index in [-0.39, 0.29) is 18.4 Å². The quantitative estimate of drug-likeness (QED) is 0.519. The molecule has 0 aromatic heterocycles. The molecule has 0 atom stereocenters. The maximum absolute atomic E-state index is 5.24. The van der Waals surface area contributed by atoms with Crippen molar-refractivity contribution in [1.29, 1.82) is 0 Å². The van der Waals surface area contributed by atoms with Gasteiger partial charge < -0.3 is 16.8 Å². The van der Waals surface area contributed by atoms with Crippen LogP contribution in [0.3, 0.4) is 0 Å². The molecule has 1 aromatic rings. The maximum atomic E-state index is 5.24. The largest absolute Gasteiger partial charge is 0.370 e. The molecule has 0 fully saturated rings. The molecule has 0 spiro atoms. The summed E-state index contributed by atoms with van der Waals surface area (Å²) < 4.78 is 0. The van der Waals surface area contributed by atoms with Gasteiger partial charge in [-0.15, -0.1) is 12.4 Å². The lowest BCUT2D eigenvalue weighted by molar-refractivity contribution is 0.900. The molecular weight excluding hydrogens is 226 g/mol.